The summed E-state index contributed by atoms with van der Waals surface area (Å²) in [7, 11) is 0. The molecule has 1 amide bonds. The van der Waals surface area contributed by atoms with E-state index in [1.807, 2.05) is 0 Å². The summed E-state index contributed by atoms with van der Waals surface area (Å²) >= 11 is 5.88. The number of nitrogens with one attached hydrogen (secondary N) is 1. The lowest BCUT2D eigenvalue weighted by Crippen LogP contribution is -2.47. The maximum atomic E-state index is 11.7. The number of aliphatic hydroxyl groups is 1. The Kier molecular flexibility index (Phi) is 3.40. The second-order valence-corrected chi connectivity index (χ2v) is 6.28. The van der Waals surface area contributed by atoms with E-state index in [-0.39, 0.29) is 10.0 Å². The van der Waals surface area contributed by atoms with Gasteiger partial charge in [-0.1, -0.05) is 36.1 Å². The summed E-state index contributed by atoms with van der Waals surface area (Å²) in [6.07, 6.45) is -0.175. The molecule has 1 aliphatic rings. The number of fused-ring (bicyclic) bond motifs is 1. The molecular weight excluding hydrogens is 314 g/mol. The second kappa shape index (κ2) is 5.10. The van der Waals surface area contributed by atoms with Crippen LogP contribution in [-0.2, 0) is 4.79 Å². The van der Waals surface area contributed by atoms with E-state index in [0.717, 1.165) is 27.4 Å². The smallest absolute Gasteiger partial charge is 0.333 e. The summed E-state index contributed by atoms with van der Waals surface area (Å²) < 4.78 is 1.81. The van der Waals surface area contributed by atoms with Gasteiger partial charge in [-0.15, -0.1) is 0 Å². The number of hydrogen-bond acceptors (Lipinski definition) is 6. The van der Waals surface area contributed by atoms with Crippen LogP contribution in [0.5, 0.6) is 0 Å². The maximum Gasteiger partial charge on any atom is 0.333 e. The molecule has 1 aromatic carbocycles. The molecule has 1 aliphatic heterocycles. The number of benzene rings is 1. The molecule has 9 heteroatoms. The summed E-state index contributed by atoms with van der Waals surface area (Å²) in [6, 6.07) is 6.55. The predicted molar refractivity (Wildman–Crippen MR) is 75.8 cm³/mol. The van der Waals surface area contributed by atoms with Gasteiger partial charge in [0.05, 0.1) is 0 Å². The molecule has 0 spiro atoms. The van der Waals surface area contributed by atoms with Crippen LogP contribution in [-0.4, -0.2) is 31.0 Å². The average Bonchev–Trinajstić information content (AvgIpc) is 2.81. The van der Waals surface area contributed by atoms with Crippen molar-refractivity contribution in [3.05, 3.63) is 36.2 Å². The van der Waals surface area contributed by atoms with Crippen LogP contribution < -0.4 is 14.8 Å². The van der Waals surface area contributed by atoms with E-state index in [4.69, 9.17) is 12.2 Å². The van der Waals surface area contributed by atoms with Crippen LogP contribution >= 0.6 is 24.0 Å². The zero-order valence-corrected chi connectivity index (χ0v) is 12.1. The SMILES string of the molecule is O=C1NC(=S)SC1C(O)c1c[n+](O)c2ccccc2[n+]1O. The van der Waals surface area contributed by atoms with E-state index < -0.39 is 17.3 Å². The number of amides is 1. The number of rotatable bonds is 2. The van der Waals surface area contributed by atoms with Gasteiger partial charge >= 0.3 is 16.7 Å². The molecule has 0 radical (unpaired) electrons. The molecule has 2 aromatic rings. The third kappa shape index (κ3) is 2.28. The first-order chi connectivity index (χ1) is 9.99. The fourth-order valence-electron chi connectivity index (χ4n) is 2.16. The van der Waals surface area contributed by atoms with Crippen LogP contribution in [0.3, 0.4) is 0 Å². The molecule has 2 unspecified atom stereocenters. The minimum absolute atomic E-state index is 0.0199. The number of carbonyl (C=O) groups is 1. The molecule has 108 valence electrons. The number of nitrogens with zero attached hydrogens (tertiary/aromatic N) is 2. The largest absolute Gasteiger partial charge is 0.380 e. The minimum atomic E-state index is -1.33. The van der Waals surface area contributed by atoms with Gasteiger partial charge in [0.2, 0.25) is 5.91 Å². The summed E-state index contributed by atoms with van der Waals surface area (Å²) in [5.41, 5.74) is 0.631. The normalized spacial score (nSPS) is 19.8. The van der Waals surface area contributed by atoms with Gasteiger partial charge in [0.1, 0.15) is 9.57 Å². The first kappa shape index (κ1) is 14.0. The maximum absolute atomic E-state index is 11.7. The summed E-state index contributed by atoms with van der Waals surface area (Å²) in [5, 5.41) is 32.0. The highest BCUT2D eigenvalue weighted by Crippen LogP contribution is 2.29. The highest BCUT2D eigenvalue weighted by molar-refractivity contribution is 8.24. The molecule has 0 bridgehead atoms. The van der Waals surface area contributed by atoms with Gasteiger partial charge in [0.15, 0.2) is 6.10 Å². The number of thioether (sulfide) groups is 1. The van der Waals surface area contributed by atoms with E-state index in [9.17, 15) is 20.3 Å². The molecule has 4 N–H and O–H groups in total. The van der Waals surface area contributed by atoms with Crippen molar-refractivity contribution in [3.8, 4) is 0 Å². The van der Waals surface area contributed by atoms with Crippen LogP contribution in [0.4, 0.5) is 0 Å². The number of para-hydroxylation sites is 2. The van der Waals surface area contributed by atoms with Crippen LogP contribution in [0.25, 0.3) is 11.0 Å². The number of aliphatic hydroxyl groups excluding tert-OH is 1. The monoisotopic (exact) mass is 325 g/mol. The number of thiocarbonyl (C=S) groups is 1. The Bertz CT molecular complexity index is 767. The third-order valence-electron chi connectivity index (χ3n) is 3.16. The fourth-order valence-corrected chi connectivity index (χ4v) is 3.40. The molecule has 2 atom stereocenters. The van der Waals surface area contributed by atoms with Crippen LogP contribution in [0, 0.1) is 0 Å². The number of carbonyl (C=O) groups excluding carboxylic acids is 1. The lowest BCUT2D eigenvalue weighted by molar-refractivity contribution is -0.926. The van der Waals surface area contributed by atoms with Crippen molar-refractivity contribution in [1.29, 1.82) is 0 Å². The van der Waals surface area contributed by atoms with Crippen molar-refractivity contribution in [1.82, 2.24) is 5.32 Å². The van der Waals surface area contributed by atoms with Gasteiger partial charge in [-0.2, -0.15) is 0 Å². The van der Waals surface area contributed by atoms with Gasteiger partial charge in [0, 0.05) is 21.6 Å². The molecule has 2 heterocycles. The Labute approximate surface area is 128 Å². The zero-order chi connectivity index (χ0) is 15.1. The van der Waals surface area contributed by atoms with Crippen molar-refractivity contribution in [2.75, 3.05) is 0 Å². The van der Waals surface area contributed by atoms with Gasteiger partial charge in [-0.05, 0) is 0 Å². The van der Waals surface area contributed by atoms with Gasteiger partial charge < -0.3 is 10.4 Å². The Balaban J connectivity index is 2.10. The summed E-state index contributed by atoms with van der Waals surface area (Å²) in [6.45, 7) is 0. The first-order valence-electron chi connectivity index (χ1n) is 5.96. The Morgan fingerprint density at radius 2 is 1.95 bits per heavy atom. The van der Waals surface area contributed by atoms with E-state index in [1.54, 1.807) is 24.3 Å². The molecule has 21 heavy (non-hydrogen) atoms. The average molecular weight is 325 g/mol. The quantitative estimate of drug-likeness (QED) is 0.336. The lowest BCUT2D eigenvalue weighted by Gasteiger charge is -2.09. The van der Waals surface area contributed by atoms with Crippen LogP contribution in [0.1, 0.15) is 11.8 Å². The molecule has 1 aromatic heterocycles. The predicted octanol–water partition coefficient (Wildman–Crippen LogP) is -0.561. The van der Waals surface area contributed by atoms with E-state index >= 15 is 0 Å². The zero-order valence-electron chi connectivity index (χ0n) is 10.5. The number of hydrogen-bond donors (Lipinski definition) is 4. The fraction of sp³-hybridized carbons (Fsp3) is 0.167. The van der Waals surface area contributed by atoms with E-state index in [0.29, 0.717) is 11.0 Å². The third-order valence-corrected chi connectivity index (χ3v) is 4.60. The minimum Gasteiger partial charge on any atom is -0.380 e. The van der Waals surface area contributed by atoms with Gasteiger partial charge in [-0.25, -0.2) is 0 Å². The lowest BCUT2D eigenvalue weighted by atomic mass is 10.1. The molecule has 1 saturated heterocycles. The Morgan fingerprint density at radius 3 is 2.57 bits per heavy atom. The summed E-state index contributed by atoms with van der Waals surface area (Å²) in [4.78, 5) is 11.7. The van der Waals surface area contributed by atoms with Crippen molar-refractivity contribution in [3.63, 3.8) is 0 Å². The first-order valence-corrected chi connectivity index (χ1v) is 7.25. The number of aromatic nitrogens is 2. The van der Waals surface area contributed by atoms with Crippen molar-refractivity contribution < 1.29 is 29.8 Å². The van der Waals surface area contributed by atoms with Crippen LogP contribution in [0.2, 0.25) is 0 Å². The molecular formula is C12H11N3O4S2+2. The van der Waals surface area contributed by atoms with Crippen LogP contribution in [0.15, 0.2) is 30.5 Å². The topological polar surface area (TPSA) is 97.5 Å². The molecule has 0 aliphatic carbocycles. The standard InChI is InChI=1S/C12H10N3O4S2/c16-9(10-11(17)13-12(20)21-10)8-5-14(18)6-3-1-2-4-7(6)15(8)19/h1-5,9-10,16H,(H2-,13,17,18,19,20)/q+1/p+1. The van der Waals surface area contributed by atoms with Gasteiger partial charge in [0.25, 0.3) is 6.20 Å². The van der Waals surface area contributed by atoms with Gasteiger partial charge in [-0.3, -0.25) is 15.2 Å². The van der Waals surface area contributed by atoms with E-state index in [2.05, 4.69) is 5.32 Å². The molecule has 7 nitrogen and oxygen atoms in total. The Morgan fingerprint density at radius 1 is 1.29 bits per heavy atom. The molecule has 3 rings (SSSR count). The van der Waals surface area contributed by atoms with Crippen molar-refractivity contribution >= 4 is 45.2 Å². The molecule has 0 saturated carbocycles. The highest BCUT2D eigenvalue weighted by Gasteiger charge is 2.43. The summed E-state index contributed by atoms with van der Waals surface area (Å²) in [5.74, 6) is -0.435. The highest BCUT2D eigenvalue weighted by atomic mass is 32.2. The Hall–Kier alpha value is -1.97. The van der Waals surface area contributed by atoms with Crippen molar-refractivity contribution in [2.45, 2.75) is 11.4 Å². The van der Waals surface area contributed by atoms with E-state index in [1.165, 1.54) is 0 Å². The molecule has 1 fully saturated rings. The second-order valence-electron chi connectivity index (χ2n) is 4.46. The van der Waals surface area contributed by atoms with Crippen molar-refractivity contribution in [2.24, 2.45) is 0 Å².